The normalized spacial score (nSPS) is 13.3. The molecule has 1 aliphatic heterocycles. The third-order valence-corrected chi connectivity index (χ3v) is 13.6. The van der Waals surface area contributed by atoms with E-state index in [0.29, 0.717) is 0 Å². The lowest BCUT2D eigenvalue weighted by Crippen LogP contribution is -2.09. The van der Waals surface area contributed by atoms with Crippen LogP contribution in [0, 0.1) is 0 Å². The van der Waals surface area contributed by atoms with E-state index in [1.807, 2.05) is 22.7 Å². The Balaban J connectivity index is 1.06. The van der Waals surface area contributed by atoms with Crippen LogP contribution in [0.25, 0.3) is 79.4 Å². The summed E-state index contributed by atoms with van der Waals surface area (Å²) >= 11 is 3.75. The SMILES string of the molecule is C1=C(c2ccccc2)N=C(c2ccc3c(c2)sc2cccc(-c4ccc(-c5ccc(-c6ccccc6)cc5)c5c4sc4ccccc45)c23)N=C(c2ccccc2)CC1. The fraction of sp³-hybridized carbons (Fsp3) is 0.0370. The van der Waals surface area contributed by atoms with Crippen molar-refractivity contribution in [2.75, 3.05) is 0 Å². The molecule has 0 spiro atoms. The quantitative estimate of drug-likeness (QED) is 0.161. The summed E-state index contributed by atoms with van der Waals surface area (Å²) in [6.45, 7) is 0. The summed E-state index contributed by atoms with van der Waals surface area (Å²) in [6.07, 6.45) is 3.98. The van der Waals surface area contributed by atoms with E-state index in [9.17, 15) is 0 Å². The predicted molar refractivity (Wildman–Crippen MR) is 252 cm³/mol. The first-order chi connectivity index (χ1) is 28.7. The molecule has 0 N–H and O–H groups in total. The van der Waals surface area contributed by atoms with Gasteiger partial charge in [0, 0.05) is 51.5 Å². The van der Waals surface area contributed by atoms with Crippen LogP contribution in [0.5, 0.6) is 0 Å². The van der Waals surface area contributed by atoms with E-state index < -0.39 is 0 Å². The molecule has 3 heterocycles. The second-order valence-corrected chi connectivity index (χ2v) is 16.9. The standard InChI is InChI=1S/C54H36N2S2/c1-4-14-35(15-5-1)36-26-28-37(29-27-36)41-32-33-43(53-52(41)44-20-10-11-24-48(44)58-53)42-21-12-25-49-51(42)45-31-30-40(34-50(45)57-49)54-55-46(38-16-6-2-7-17-38)22-13-23-47(56-54)39-18-8-3-9-19-39/h1-12,14-22,24-34H,13,23H2. The van der Waals surface area contributed by atoms with Crippen LogP contribution in [-0.2, 0) is 0 Å². The highest BCUT2D eigenvalue weighted by Gasteiger charge is 2.20. The molecule has 2 nitrogen and oxygen atoms in total. The third kappa shape index (κ3) is 6.19. The van der Waals surface area contributed by atoms with Gasteiger partial charge in [-0.3, -0.25) is 0 Å². The van der Waals surface area contributed by atoms with E-state index in [1.165, 1.54) is 73.7 Å². The molecule has 0 unspecified atom stereocenters. The number of amidine groups is 1. The monoisotopic (exact) mass is 776 g/mol. The number of hydrogen-bond donors (Lipinski definition) is 0. The van der Waals surface area contributed by atoms with Crippen LogP contribution in [-0.4, -0.2) is 11.5 Å². The van der Waals surface area contributed by atoms with Crippen LogP contribution in [0.15, 0.2) is 204 Å². The summed E-state index contributed by atoms with van der Waals surface area (Å²) in [5, 5.41) is 5.18. The van der Waals surface area contributed by atoms with Gasteiger partial charge in [-0.1, -0.05) is 176 Å². The highest BCUT2D eigenvalue weighted by atomic mass is 32.1. The molecule has 0 saturated carbocycles. The number of thiophene rings is 2. The first-order valence-electron chi connectivity index (χ1n) is 19.8. The van der Waals surface area contributed by atoms with Crippen molar-refractivity contribution in [1.82, 2.24) is 0 Å². The van der Waals surface area contributed by atoms with Gasteiger partial charge in [0.2, 0.25) is 0 Å². The first-order valence-corrected chi connectivity index (χ1v) is 21.4. The zero-order valence-corrected chi connectivity index (χ0v) is 33.2. The van der Waals surface area contributed by atoms with Crippen LogP contribution in [0.3, 0.4) is 0 Å². The summed E-state index contributed by atoms with van der Waals surface area (Å²) in [6, 6.07) is 67.8. The second kappa shape index (κ2) is 14.7. The molecule has 0 radical (unpaired) electrons. The van der Waals surface area contributed by atoms with Crippen molar-refractivity contribution in [1.29, 1.82) is 0 Å². The maximum Gasteiger partial charge on any atom is 0.160 e. The number of benzene rings is 8. The summed E-state index contributed by atoms with van der Waals surface area (Å²) in [4.78, 5) is 10.6. The van der Waals surface area contributed by atoms with E-state index in [0.717, 1.165) is 46.8 Å². The average molecular weight is 777 g/mol. The number of nitrogens with zero attached hydrogens (tertiary/aromatic N) is 2. The van der Waals surface area contributed by atoms with Gasteiger partial charge in [0.15, 0.2) is 5.84 Å². The smallest absolute Gasteiger partial charge is 0.160 e. The Kier molecular flexibility index (Phi) is 8.72. The molecular weight excluding hydrogens is 741 g/mol. The van der Waals surface area contributed by atoms with Crippen LogP contribution in [0.4, 0.5) is 0 Å². The fourth-order valence-electron chi connectivity index (χ4n) is 8.42. The second-order valence-electron chi connectivity index (χ2n) is 14.8. The number of rotatable bonds is 6. The molecular formula is C54H36N2S2. The Morgan fingerprint density at radius 2 is 1.00 bits per heavy atom. The minimum atomic E-state index is 0.743. The van der Waals surface area contributed by atoms with Gasteiger partial charge in [-0.15, -0.1) is 22.7 Å². The van der Waals surface area contributed by atoms with E-state index in [1.54, 1.807) is 0 Å². The van der Waals surface area contributed by atoms with Gasteiger partial charge < -0.3 is 0 Å². The van der Waals surface area contributed by atoms with E-state index >= 15 is 0 Å². The fourth-order valence-corrected chi connectivity index (χ4v) is 10.8. The van der Waals surface area contributed by atoms with Gasteiger partial charge in [-0.25, -0.2) is 9.98 Å². The van der Waals surface area contributed by atoms with Crippen molar-refractivity contribution < 1.29 is 0 Å². The largest absolute Gasteiger partial charge is 0.232 e. The van der Waals surface area contributed by atoms with Crippen LogP contribution in [0.1, 0.15) is 29.5 Å². The molecule has 0 aliphatic carbocycles. The Morgan fingerprint density at radius 3 is 1.79 bits per heavy atom. The Bertz CT molecular complexity index is 3240. The molecule has 0 atom stereocenters. The van der Waals surface area contributed by atoms with Crippen molar-refractivity contribution in [2.24, 2.45) is 9.98 Å². The number of aliphatic imine (C=N–C) groups is 2. The minimum absolute atomic E-state index is 0.743. The van der Waals surface area contributed by atoms with Crippen LogP contribution < -0.4 is 0 Å². The molecule has 274 valence electrons. The Morgan fingerprint density at radius 1 is 0.379 bits per heavy atom. The van der Waals surface area contributed by atoms with Crippen molar-refractivity contribution in [3.8, 4) is 33.4 Å². The molecule has 0 bridgehead atoms. The average Bonchev–Trinajstić information content (AvgIpc) is 3.86. The zero-order valence-electron chi connectivity index (χ0n) is 31.6. The molecule has 0 fully saturated rings. The van der Waals surface area contributed by atoms with Crippen molar-refractivity contribution in [3.63, 3.8) is 0 Å². The van der Waals surface area contributed by atoms with Gasteiger partial charge in [-0.05, 0) is 70.0 Å². The lowest BCUT2D eigenvalue weighted by molar-refractivity contribution is 1.08. The molecule has 2 aromatic heterocycles. The summed E-state index contributed by atoms with van der Waals surface area (Å²) in [5.74, 6) is 0.743. The molecule has 11 rings (SSSR count). The minimum Gasteiger partial charge on any atom is -0.232 e. The van der Waals surface area contributed by atoms with E-state index in [4.69, 9.17) is 9.98 Å². The number of fused-ring (bicyclic) bond motifs is 6. The lowest BCUT2D eigenvalue weighted by Gasteiger charge is -2.13. The van der Waals surface area contributed by atoms with Crippen LogP contribution in [0.2, 0.25) is 0 Å². The van der Waals surface area contributed by atoms with Crippen molar-refractivity contribution in [3.05, 3.63) is 211 Å². The van der Waals surface area contributed by atoms with Gasteiger partial charge in [0.05, 0.1) is 11.4 Å². The topological polar surface area (TPSA) is 24.7 Å². The molecule has 0 amide bonds. The predicted octanol–water partition coefficient (Wildman–Crippen LogP) is 15.5. The highest BCUT2D eigenvalue weighted by Crippen LogP contribution is 2.48. The third-order valence-electron chi connectivity index (χ3n) is 11.2. The molecule has 8 aromatic carbocycles. The summed E-state index contributed by atoms with van der Waals surface area (Å²) in [7, 11) is 0. The van der Waals surface area contributed by atoms with E-state index in [2.05, 4.69) is 194 Å². The molecule has 0 saturated heterocycles. The molecule has 1 aliphatic rings. The molecule has 58 heavy (non-hydrogen) atoms. The first kappa shape index (κ1) is 34.5. The maximum absolute atomic E-state index is 5.32. The number of hydrogen-bond acceptors (Lipinski definition) is 4. The van der Waals surface area contributed by atoms with Gasteiger partial charge >= 0.3 is 0 Å². The van der Waals surface area contributed by atoms with Gasteiger partial charge in [0.1, 0.15) is 0 Å². The van der Waals surface area contributed by atoms with Gasteiger partial charge in [0.25, 0.3) is 0 Å². The van der Waals surface area contributed by atoms with Gasteiger partial charge in [-0.2, -0.15) is 0 Å². The Hall–Kier alpha value is -6.72. The van der Waals surface area contributed by atoms with Crippen LogP contribution >= 0.6 is 22.7 Å². The molecule has 10 aromatic rings. The van der Waals surface area contributed by atoms with E-state index in [-0.39, 0.29) is 0 Å². The zero-order chi connectivity index (χ0) is 38.4. The highest BCUT2D eigenvalue weighted by molar-refractivity contribution is 7.27. The number of allylic oxidation sites excluding steroid dienone is 1. The van der Waals surface area contributed by atoms with Crippen molar-refractivity contribution in [2.45, 2.75) is 12.8 Å². The Labute approximate surface area is 345 Å². The lowest BCUT2D eigenvalue weighted by atomic mass is 9.92. The summed E-state index contributed by atoms with van der Waals surface area (Å²) in [5.41, 5.74) is 12.8. The molecule has 4 heteroatoms. The van der Waals surface area contributed by atoms with Crippen molar-refractivity contribution >= 4 is 80.3 Å². The summed E-state index contributed by atoms with van der Waals surface area (Å²) < 4.78 is 5.13. The maximum atomic E-state index is 5.32.